The molecular weight excluding hydrogens is 296 g/mol. The standard InChI is InChI=1S/C16H20N4OS/c1-10-9-11(2)19-15(18-10)22-13-7-5-12(6-8-13)20-14(21)16(3,4)17/h5-9H,17H2,1-4H3,(H,20,21). The number of carbonyl (C=O) groups is 1. The van der Waals surface area contributed by atoms with E-state index in [0.717, 1.165) is 21.4 Å². The minimum atomic E-state index is -0.902. The molecule has 2 rings (SSSR count). The van der Waals surface area contributed by atoms with Gasteiger partial charge in [-0.25, -0.2) is 9.97 Å². The molecule has 0 aliphatic rings. The number of benzene rings is 1. The third-order valence-corrected chi connectivity index (χ3v) is 3.74. The van der Waals surface area contributed by atoms with Gasteiger partial charge in [-0.1, -0.05) is 0 Å². The second kappa shape index (κ2) is 6.46. The molecule has 0 spiro atoms. The van der Waals surface area contributed by atoms with Crippen molar-refractivity contribution in [2.45, 2.75) is 43.3 Å². The lowest BCUT2D eigenvalue weighted by molar-refractivity contribution is -0.120. The molecule has 2 aromatic rings. The Morgan fingerprint density at radius 2 is 1.68 bits per heavy atom. The van der Waals surface area contributed by atoms with Gasteiger partial charge in [0, 0.05) is 22.0 Å². The number of nitrogens with two attached hydrogens (primary N) is 1. The van der Waals surface area contributed by atoms with Crippen LogP contribution in [0.3, 0.4) is 0 Å². The number of rotatable bonds is 4. The SMILES string of the molecule is Cc1cc(C)nc(Sc2ccc(NC(=O)C(C)(C)N)cc2)n1. The van der Waals surface area contributed by atoms with Crippen LogP contribution in [0, 0.1) is 13.8 Å². The first-order valence-electron chi connectivity index (χ1n) is 6.94. The molecule has 0 bridgehead atoms. The quantitative estimate of drug-likeness (QED) is 0.848. The van der Waals surface area contributed by atoms with Crippen molar-refractivity contribution in [2.75, 3.05) is 5.32 Å². The van der Waals surface area contributed by atoms with Crippen LogP contribution in [0.25, 0.3) is 0 Å². The molecule has 0 aliphatic heterocycles. The van der Waals surface area contributed by atoms with Crippen molar-refractivity contribution < 1.29 is 4.79 Å². The summed E-state index contributed by atoms with van der Waals surface area (Å²) in [7, 11) is 0. The maximum Gasteiger partial charge on any atom is 0.243 e. The van der Waals surface area contributed by atoms with Crippen LogP contribution in [-0.2, 0) is 4.79 Å². The van der Waals surface area contributed by atoms with Gasteiger partial charge in [0.1, 0.15) is 0 Å². The fraction of sp³-hybridized carbons (Fsp3) is 0.312. The van der Waals surface area contributed by atoms with E-state index in [1.807, 2.05) is 44.2 Å². The lowest BCUT2D eigenvalue weighted by atomic mass is 10.1. The summed E-state index contributed by atoms with van der Waals surface area (Å²) < 4.78 is 0. The molecule has 1 aromatic heterocycles. The molecule has 0 saturated heterocycles. The second-order valence-corrected chi connectivity index (χ2v) is 6.78. The van der Waals surface area contributed by atoms with Crippen molar-refractivity contribution in [3.05, 3.63) is 41.7 Å². The van der Waals surface area contributed by atoms with Crippen LogP contribution < -0.4 is 11.1 Å². The molecular formula is C16H20N4OS. The first-order chi connectivity index (χ1) is 10.2. The van der Waals surface area contributed by atoms with Gasteiger partial charge in [-0.3, -0.25) is 4.79 Å². The van der Waals surface area contributed by atoms with Crippen molar-refractivity contribution in [1.82, 2.24) is 9.97 Å². The Balaban J connectivity index is 2.07. The van der Waals surface area contributed by atoms with E-state index < -0.39 is 5.54 Å². The van der Waals surface area contributed by atoms with Crippen molar-refractivity contribution >= 4 is 23.4 Å². The summed E-state index contributed by atoms with van der Waals surface area (Å²) in [6.45, 7) is 7.24. The Morgan fingerprint density at radius 1 is 1.14 bits per heavy atom. The zero-order valence-corrected chi connectivity index (χ0v) is 14.0. The van der Waals surface area contributed by atoms with Crippen LogP contribution in [0.15, 0.2) is 40.4 Å². The number of aromatic nitrogens is 2. The van der Waals surface area contributed by atoms with Gasteiger partial charge in [-0.15, -0.1) is 0 Å². The smallest absolute Gasteiger partial charge is 0.243 e. The number of aryl methyl sites for hydroxylation is 2. The fourth-order valence-electron chi connectivity index (χ4n) is 1.74. The number of hydrogen-bond donors (Lipinski definition) is 2. The van der Waals surface area contributed by atoms with E-state index in [0.29, 0.717) is 5.69 Å². The van der Waals surface area contributed by atoms with Crippen molar-refractivity contribution in [2.24, 2.45) is 5.73 Å². The summed E-state index contributed by atoms with van der Waals surface area (Å²) in [4.78, 5) is 21.6. The molecule has 5 nitrogen and oxygen atoms in total. The summed E-state index contributed by atoms with van der Waals surface area (Å²) in [6, 6.07) is 9.47. The molecule has 0 saturated carbocycles. The van der Waals surface area contributed by atoms with Crippen LogP contribution in [0.1, 0.15) is 25.2 Å². The lowest BCUT2D eigenvalue weighted by Crippen LogP contribution is -2.45. The number of hydrogen-bond acceptors (Lipinski definition) is 5. The van der Waals surface area contributed by atoms with Gasteiger partial charge in [-0.2, -0.15) is 0 Å². The van der Waals surface area contributed by atoms with Gasteiger partial charge in [-0.05, 0) is 69.8 Å². The number of nitrogens with one attached hydrogen (secondary N) is 1. The first kappa shape index (κ1) is 16.5. The van der Waals surface area contributed by atoms with Crippen LogP contribution in [0.4, 0.5) is 5.69 Å². The highest BCUT2D eigenvalue weighted by molar-refractivity contribution is 7.99. The molecule has 0 fully saturated rings. The zero-order chi connectivity index (χ0) is 16.3. The van der Waals surface area contributed by atoms with Gasteiger partial charge in [0.2, 0.25) is 5.91 Å². The molecule has 6 heteroatoms. The Kier molecular flexibility index (Phi) is 4.83. The monoisotopic (exact) mass is 316 g/mol. The van der Waals surface area contributed by atoms with E-state index in [-0.39, 0.29) is 5.91 Å². The van der Waals surface area contributed by atoms with E-state index in [1.165, 1.54) is 11.8 Å². The van der Waals surface area contributed by atoms with Crippen molar-refractivity contribution in [3.8, 4) is 0 Å². The number of carbonyl (C=O) groups excluding carboxylic acids is 1. The van der Waals surface area contributed by atoms with Crippen molar-refractivity contribution in [3.63, 3.8) is 0 Å². The van der Waals surface area contributed by atoms with Gasteiger partial charge >= 0.3 is 0 Å². The summed E-state index contributed by atoms with van der Waals surface area (Å²) in [5.41, 5.74) is 7.47. The molecule has 0 radical (unpaired) electrons. The summed E-state index contributed by atoms with van der Waals surface area (Å²) in [6.07, 6.45) is 0. The summed E-state index contributed by atoms with van der Waals surface area (Å²) in [5, 5.41) is 3.51. The average Bonchev–Trinajstić information content (AvgIpc) is 2.38. The van der Waals surface area contributed by atoms with Gasteiger partial charge in [0.15, 0.2) is 5.16 Å². The highest BCUT2D eigenvalue weighted by Crippen LogP contribution is 2.26. The normalized spacial score (nSPS) is 11.3. The van der Waals surface area contributed by atoms with E-state index in [1.54, 1.807) is 13.8 Å². The maximum absolute atomic E-state index is 11.8. The minimum Gasteiger partial charge on any atom is -0.325 e. The number of anilines is 1. The summed E-state index contributed by atoms with van der Waals surface area (Å²) in [5.74, 6) is -0.217. The van der Waals surface area contributed by atoms with Gasteiger partial charge in [0.05, 0.1) is 5.54 Å². The zero-order valence-electron chi connectivity index (χ0n) is 13.2. The van der Waals surface area contributed by atoms with Gasteiger partial charge in [0.25, 0.3) is 0 Å². The lowest BCUT2D eigenvalue weighted by Gasteiger charge is -2.17. The topological polar surface area (TPSA) is 80.9 Å². The molecule has 1 heterocycles. The highest BCUT2D eigenvalue weighted by atomic mass is 32.2. The Morgan fingerprint density at radius 3 is 2.18 bits per heavy atom. The number of nitrogens with zero attached hydrogens (tertiary/aromatic N) is 2. The Hall–Kier alpha value is -1.92. The third-order valence-electron chi connectivity index (χ3n) is 2.87. The average molecular weight is 316 g/mol. The van der Waals surface area contributed by atoms with Crippen LogP contribution >= 0.6 is 11.8 Å². The molecule has 0 unspecified atom stereocenters. The maximum atomic E-state index is 11.8. The predicted molar refractivity (Wildman–Crippen MR) is 89.0 cm³/mol. The third kappa shape index (κ3) is 4.54. The molecule has 1 aromatic carbocycles. The summed E-state index contributed by atoms with van der Waals surface area (Å²) >= 11 is 1.49. The molecule has 0 atom stereocenters. The molecule has 1 amide bonds. The van der Waals surface area contributed by atoms with Gasteiger partial charge < -0.3 is 11.1 Å². The largest absolute Gasteiger partial charge is 0.325 e. The van der Waals surface area contributed by atoms with Crippen LogP contribution in [0.2, 0.25) is 0 Å². The highest BCUT2D eigenvalue weighted by Gasteiger charge is 2.21. The van der Waals surface area contributed by atoms with E-state index in [2.05, 4.69) is 15.3 Å². The fourth-order valence-corrected chi connectivity index (χ4v) is 2.61. The van der Waals surface area contributed by atoms with Crippen LogP contribution in [0.5, 0.6) is 0 Å². The molecule has 22 heavy (non-hydrogen) atoms. The van der Waals surface area contributed by atoms with E-state index in [9.17, 15) is 4.79 Å². The minimum absolute atomic E-state index is 0.217. The molecule has 116 valence electrons. The number of amides is 1. The second-order valence-electron chi connectivity index (χ2n) is 5.74. The first-order valence-corrected chi connectivity index (χ1v) is 7.76. The Bertz CT molecular complexity index is 657. The Labute approximate surface area is 134 Å². The molecule has 0 aliphatic carbocycles. The van der Waals surface area contributed by atoms with Crippen LogP contribution in [-0.4, -0.2) is 21.4 Å². The van der Waals surface area contributed by atoms with E-state index >= 15 is 0 Å². The van der Waals surface area contributed by atoms with Crippen molar-refractivity contribution in [1.29, 1.82) is 0 Å². The van der Waals surface area contributed by atoms with E-state index in [4.69, 9.17) is 5.73 Å². The predicted octanol–water partition coefficient (Wildman–Crippen LogP) is 2.92. The molecule has 3 N–H and O–H groups in total.